The molecule has 3 unspecified atom stereocenters. The van der Waals surface area contributed by atoms with E-state index in [9.17, 15) is 0 Å². The maximum Gasteiger partial charge on any atom is 0.0104 e. The van der Waals surface area contributed by atoms with Crippen LogP contribution >= 0.6 is 0 Å². The van der Waals surface area contributed by atoms with Gasteiger partial charge in [-0.05, 0) is 52.6 Å². The van der Waals surface area contributed by atoms with Crippen molar-refractivity contribution in [2.24, 2.45) is 5.92 Å². The maximum absolute atomic E-state index is 3.62. The summed E-state index contributed by atoms with van der Waals surface area (Å²) in [5, 5.41) is 3.62. The summed E-state index contributed by atoms with van der Waals surface area (Å²) in [6.45, 7) is 10.5. The van der Waals surface area contributed by atoms with Crippen LogP contribution in [-0.2, 0) is 0 Å². The molecule has 0 aromatic rings. The van der Waals surface area contributed by atoms with Crippen LogP contribution < -0.4 is 5.32 Å². The van der Waals surface area contributed by atoms with E-state index in [1.807, 2.05) is 0 Å². The van der Waals surface area contributed by atoms with E-state index in [2.05, 4.69) is 45.0 Å². The first-order valence-corrected chi connectivity index (χ1v) is 6.51. The quantitative estimate of drug-likeness (QED) is 0.697. The van der Waals surface area contributed by atoms with E-state index in [0.29, 0.717) is 12.1 Å². The third-order valence-electron chi connectivity index (χ3n) is 4.06. The lowest BCUT2D eigenvalue weighted by Gasteiger charge is -2.34. The molecule has 0 spiro atoms. The molecule has 0 saturated heterocycles. The van der Waals surface area contributed by atoms with E-state index in [1.165, 1.54) is 25.8 Å². The van der Waals surface area contributed by atoms with Crippen LogP contribution in [0.25, 0.3) is 0 Å². The normalized spacial score (nSPS) is 22.8. The highest BCUT2D eigenvalue weighted by molar-refractivity contribution is 4.83. The molecule has 15 heavy (non-hydrogen) atoms. The van der Waals surface area contributed by atoms with Gasteiger partial charge >= 0.3 is 0 Å². The Labute approximate surface area is 95.4 Å². The van der Waals surface area contributed by atoms with Crippen LogP contribution in [0.1, 0.15) is 47.0 Å². The molecule has 1 fully saturated rings. The van der Waals surface area contributed by atoms with Crippen molar-refractivity contribution in [2.75, 3.05) is 13.6 Å². The second-order valence-corrected chi connectivity index (χ2v) is 5.32. The Balaban J connectivity index is 2.25. The Morgan fingerprint density at radius 1 is 1.27 bits per heavy atom. The third kappa shape index (κ3) is 4.12. The second-order valence-electron chi connectivity index (χ2n) is 5.32. The van der Waals surface area contributed by atoms with Gasteiger partial charge in [-0.2, -0.15) is 0 Å². The minimum atomic E-state index is 0.672. The van der Waals surface area contributed by atoms with Crippen molar-refractivity contribution in [3.05, 3.63) is 0 Å². The van der Waals surface area contributed by atoms with Crippen LogP contribution in [0.3, 0.4) is 0 Å². The molecule has 1 saturated carbocycles. The molecule has 1 N–H and O–H groups in total. The fraction of sp³-hybridized carbons (Fsp3) is 1.00. The fourth-order valence-corrected chi connectivity index (χ4v) is 1.90. The van der Waals surface area contributed by atoms with Crippen LogP contribution in [-0.4, -0.2) is 36.6 Å². The SMILES string of the molecule is CCC(C)N(C)C(C)C(C)CNC1CC1. The average Bonchev–Trinajstić information content (AvgIpc) is 3.06. The summed E-state index contributed by atoms with van der Waals surface area (Å²) in [5.74, 6) is 0.740. The van der Waals surface area contributed by atoms with Gasteiger partial charge in [0.15, 0.2) is 0 Å². The van der Waals surface area contributed by atoms with Gasteiger partial charge in [-0.3, -0.25) is 0 Å². The molecule has 1 aliphatic carbocycles. The summed E-state index contributed by atoms with van der Waals surface area (Å²) in [6.07, 6.45) is 4.02. The Morgan fingerprint density at radius 3 is 2.33 bits per heavy atom. The molecular formula is C13H28N2. The largest absolute Gasteiger partial charge is 0.314 e. The van der Waals surface area contributed by atoms with Crippen LogP contribution in [0.2, 0.25) is 0 Å². The molecule has 1 rings (SSSR count). The standard InChI is InChI=1S/C13H28N2/c1-6-11(3)15(5)12(4)10(2)9-14-13-7-8-13/h10-14H,6-9H2,1-5H3. The predicted molar refractivity (Wildman–Crippen MR) is 67.2 cm³/mol. The average molecular weight is 212 g/mol. The van der Waals surface area contributed by atoms with Crippen molar-refractivity contribution in [1.82, 2.24) is 10.2 Å². The van der Waals surface area contributed by atoms with Crippen LogP contribution in [0.15, 0.2) is 0 Å². The monoisotopic (exact) mass is 212 g/mol. The lowest BCUT2D eigenvalue weighted by Crippen LogP contribution is -2.43. The van der Waals surface area contributed by atoms with Crippen molar-refractivity contribution in [3.63, 3.8) is 0 Å². The highest BCUT2D eigenvalue weighted by Crippen LogP contribution is 2.20. The van der Waals surface area contributed by atoms with E-state index < -0.39 is 0 Å². The van der Waals surface area contributed by atoms with Crippen molar-refractivity contribution < 1.29 is 0 Å². The summed E-state index contributed by atoms with van der Waals surface area (Å²) in [4.78, 5) is 2.51. The highest BCUT2D eigenvalue weighted by Gasteiger charge is 2.24. The molecule has 2 nitrogen and oxygen atoms in total. The zero-order chi connectivity index (χ0) is 11.4. The predicted octanol–water partition coefficient (Wildman–Crippen LogP) is 2.49. The summed E-state index contributed by atoms with van der Waals surface area (Å²) >= 11 is 0. The van der Waals surface area contributed by atoms with Crippen molar-refractivity contribution >= 4 is 0 Å². The molecule has 0 aromatic heterocycles. The molecule has 1 aliphatic rings. The molecule has 0 radical (unpaired) electrons. The molecule has 0 amide bonds. The molecule has 2 heteroatoms. The first-order valence-electron chi connectivity index (χ1n) is 6.51. The van der Waals surface area contributed by atoms with Gasteiger partial charge in [0, 0.05) is 18.1 Å². The van der Waals surface area contributed by atoms with Gasteiger partial charge in [0.05, 0.1) is 0 Å². The molecule has 0 aromatic carbocycles. The molecule has 0 bridgehead atoms. The summed E-state index contributed by atoms with van der Waals surface area (Å²) in [6, 6.07) is 2.21. The molecular weight excluding hydrogens is 184 g/mol. The summed E-state index contributed by atoms with van der Waals surface area (Å²) < 4.78 is 0. The van der Waals surface area contributed by atoms with Gasteiger partial charge in [0.1, 0.15) is 0 Å². The zero-order valence-electron chi connectivity index (χ0n) is 11.1. The summed E-state index contributed by atoms with van der Waals surface area (Å²) in [5.41, 5.74) is 0. The van der Waals surface area contributed by atoms with Crippen molar-refractivity contribution in [3.8, 4) is 0 Å². The van der Waals surface area contributed by atoms with Gasteiger partial charge in [-0.25, -0.2) is 0 Å². The summed E-state index contributed by atoms with van der Waals surface area (Å²) in [7, 11) is 2.26. The minimum absolute atomic E-state index is 0.672. The number of hydrogen-bond donors (Lipinski definition) is 1. The number of rotatable bonds is 7. The van der Waals surface area contributed by atoms with Crippen LogP contribution in [0.4, 0.5) is 0 Å². The zero-order valence-corrected chi connectivity index (χ0v) is 11.1. The Morgan fingerprint density at radius 2 is 1.87 bits per heavy atom. The van der Waals surface area contributed by atoms with E-state index in [1.54, 1.807) is 0 Å². The Hall–Kier alpha value is -0.0800. The lowest BCUT2D eigenvalue weighted by molar-refractivity contribution is 0.146. The number of hydrogen-bond acceptors (Lipinski definition) is 2. The molecule has 0 aliphatic heterocycles. The van der Waals surface area contributed by atoms with Gasteiger partial charge in [0.2, 0.25) is 0 Å². The van der Waals surface area contributed by atoms with Crippen LogP contribution in [0, 0.1) is 5.92 Å². The minimum Gasteiger partial charge on any atom is -0.314 e. The topological polar surface area (TPSA) is 15.3 Å². The van der Waals surface area contributed by atoms with E-state index in [0.717, 1.165) is 12.0 Å². The lowest BCUT2D eigenvalue weighted by atomic mass is 10.0. The van der Waals surface area contributed by atoms with E-state index in [-0.39, 0.29) is 0 Å². The highest BCUT2D eigenvalue weighted by atomic mass is 15.2. The number of nitrogens with zero attached hydrogens (tertiary/aromatic N) is 1. The first-order chi connectivity index (χ1) is 7.06. The first kappa shape index (κ1) is 13.0. The fourth-order valence-electron chi connectivity index (χ4n) is 1.90. The van der Waals surface area contributed by atoms with Crippen molar-refractivity contribution in [2.45, 2.75) is 65.1 Å². The van der Waals surface area contributed by atoms with E-state index in [4.69, 9.17) is 0 Å². The third-order valence-corrected chi connectivity index (χ3v) is 4.06. The second kappa shape index (κ2) is 5.86. The van der Waals surface area contributed by atoms with Gasteiger partial charge < -0.3 is 10.2 Å². The number of nitrogens with one attached hydrogen (secondary N) is 1. The Kier molecular flexibility index (Phi) is 5.07. The molecule has 0 heterocycles. The molecule has 3 atom stereocenters. The van der Waals surface area contributed by atoms with Crippen LogP contribution in [0.5, 0.6) is 0 Å². The molecule has 90 valence electrons. The van der Waals surface area contributed by atoms with Gasteiger partial charge in [-0.1, -0.05) is 13.8 Å². The van der Waals surface area contributed by atoms with Gasteiger partial charge in [0.25, 0.3) is 0 Å². The smallest absolute Gasteiger partial charge is 0.0104 e. The Bertz CT molecular complexity index is 177. The van der Waals surface area contributed by atoms with Crippen molar-refractivity contribution in [1.29, 1.82) is 0 Å². The maximum atomic E-state index is 3.62. The van der Waals surface area contributed by atoms with Gasteiger partial charge in [-0.15, -0.1) is 0 Å². The van der Waals surface area contributed by atoms with E-state index >= 15 is 0 Å².